The van der Waals surface area contributed by atoms with Crippen LogP contribution in [0, 0.1) is 5.92 Å². The fourth-order valence-corrected chi connectivity index (χ4v) is 2.44. The zero-order chi connectivity index (χ0) is 15.5. The third kappa shape index (κ3) is 3.86. The van der Waals surface area contributed by atoms with E-state index < -0.39 is 11.9 Å². The minimum atomic E-state index is -4.47. The van der Waals surface area contributed by atoms with Gasteiger partial charge in [0.15, 0.2) is 0 Å². The van der Waals surface area contributed by atoms with Crippen molar-refractivity contribution in [2.24, 2.45) is 5.92 Å². The van der Waals surface area contributed by atoms with Gasteiger partial charge in [0.2, 0.25) is 0 Å². The molecule has 0 saturated carbocycles. The summed E-state index contributed by atoms with van der Waals surface area (Å²) in [6.07, 6.45) is -1.88. The van der Waals surface area contributed by atoms with Crippen molar-refractivity contribution in [2.75, 3.05) is 24.6 Å². The average molecular weight is 302 g/mol. The molecule has 0 bridgehead atoms. The van der Waals surface area contributed by atoms with Crippen LogP contribution in [-0.4, -0.2) is 30.6 Å². The third-order valence-electron chi connectivity index (χ3n) is 3.44. The minimum Gasteiger partial charge on any atom is -0.466 e. The molecule has 0 spiro atoms. The molecule has 2 rings (SSSR count). The number of ether oxygens (including phenoxy) is 1. The first-order valence-corrected chi connectivity index (χ1v) is 6.86. The van der Waals surface area contributed by atoms with Crippen LogP contribution in [0.15, 0.2) is 18.3 Å². The van der Waals surface area contributed by atoms with Crippen molar-refractivity contribution in [3.8, 4) is 0 Å². The summed E-state index contributed by atoms with van der Waals surface area (Å²) in [6, 6.07) is 2.55. The van der Waals surface area contributed by atoms with E-state index in [-0.39, 0.29) is 11.9 Å². The molecule has 1 aliphatic rings. The zero-order valence-electron chi connectivity index (χ0n) is 11.7. The highest BCUT2D eigenvalue weighted by Crippen LogP contribution is 2.31. The highest BCUT2D eigenvalue weighted by atomic mass is 19.4. The average Bonchev–Trinajstić information content (AvgIpc) is 2.47. The Morgan fingerprint density at radius 1 is 1.52 bits per heavy atom. The first-order valence-electron chi connectivity index (χ1n) is 6.86. The van der Waals surface area contributed by atoms with Crippen LogP contribution in [-0.2, 0) is 15.7 Å². The lowest BCUT2D eigenvalue weighted by molar-refractivity contribution is -0.148. The molecule has 2 heterocycles. The molecule has 0 N–H and O–H groups in total. The van der Waals surface area contributed by atoms with Crippen LogP contribution in [0.3, 0.4) is 0 Å². The lowest BCUT2D eigenvalue weighted by Gasteiger charge is -2.33. The molecule has 0 aromatic carbocycles. The van der Waals surface area contributed by atoms with E-state index in [9.17, 15) is 18.0 Å². The smallest absolute Gasteiger partial charge is 0.433 e. The van der Waals surface area contributed by atoms with Crippen molar-refractivity contribution in [3.05, 3.63) is 24.0 Å². The van der Waals surface area contributed by atoms with Crippen LogP contribution < -0.4 is 4.90 Å². The zero-order valence-corrected chi connectivity index (χ0v) is 11.7. The highest BCUT2D eigenvalue weighted by molar-refractivity contribution is 5.73. The Hall–Kier alpha value is -1.79. The number of anilines is 1. The summed E-state index contributed by atoms with van der Waals surface area (Å²) < 4.78 is 43.0. The summed E-state index contributed by atoms with van der Waals surface area (Å²) in [6.45, 7) is 3.04. The molecule has 1 unspecified atom stereocenters. The molecule has 0 aliphatic carbocycles. The number of nitrogens with zero attached hydrogens (tertiary/aromatic N) is 2. The summed E-state index contributed by atoms with van der Waals surface area (Å²) in [5, 5.41) is 0. The van der Waals surface area contributed by atoms with E-state index >= 15 is 0 Å². The van der Waals surface area contributed by atoms with Crippen LogP contribution in [0.5, 0.6) is 0 Å². The lowest BCUT2D eigenvalue weighted by Crippen LogP contribution is -2.39. The summed E-state index contributed by atoms with van der Waals surface area (Å²) in [4.78, 5) is 16.9. The monoisotopic (exact) mass is 302 g/mol. The molecule has 0 radical (unpaired) electrons. The molecular formula is C14H17F3N2O2. The first-order chi connectivity index (χ1) is 9.91. The Morgan fingerprint density at radius 2 is 2.29 bits per heavy atom. The maximum Gasteiger partial charge on any atom is 0.433 e. The molecule has 1 aromatic rings. The Morgan fingerprint density at radius 3 is 2.95 bits per heavy atom. The number of hydrogen-bond acceptors (Lipinski definition) is 4. The summed E-state index contributed by atoms with van der Waals surface area (Å²) in [5.41, 5.74) is -0.482. The van der Waals surface area contributed by atoms with Gasteiger partial charge >= 0.3 is 12.1 Å². The van der Waals surface area contributed by atoms with Gasteiger partial charge in [0.25, 0.3) is 0 Å². The van der Waals surface area contributed by atoms with Crippen molar-refractivity contribution in [2.45, 2.75) is 25.9 Å². The van der Waals surface area contributed by atoms with E-state index in [4.69, 9.17) is 4.74 Å². The largest absolute Gasteiger partial charge is 0.466 e. The van der Waals surface area contributed by atoms with Crippen LogP contribution in [0.25, 0.3) is 0 Å². The fraction of sp³-hybridized carbons (Fsp3) is 0.571. The molecule has 1 aliphatic heterocycles. The Kier molecular flexibility index (Phi) is 4.69. The van der Waals surface area contributed by atoms with Crippen molar-refractivity contribution in [1.82, 2.24) is 4.98 Å². The van der Waals surface area contributed by atoms with E-state index in [1.54, 1.807) is 11.8 Å². The van der Waals surface area contributed by atoms with Crippen molar-refractivity contribution >= 4 is 11.7 Å². The number of esters is 1. The third-order valence-corrected chi connectivity index (χ3v) is 3.44. The first kappa shape index (κ1) is 15.6. The quantitative estimate of drug-likeness (QED) is 0.805. The molecule has 0 amide bonds. The molecule has 1 fully saturated rings. The lowest BCUT2D eigenvalue weighted by atomic mass is 9.97. The normalized spacial score (nSPS) is 19.4. The van der Waals surface area contributed by atoms with E-state index in [2.05, 4.69) is 4.98 Å². The van der Waals surface area contributed by atoms with Gasteiger partial charge in [0.05, 0.1) is 12.5 Å². The molecule has 1 aromatic heterocycles. The second-order valence-electron chi connectivity index (χ2n) is 4.93. The number of piperidine rings is 1. The van der Waals surface area contributed by atoms with Gasteiger partial charge in [-0.25, -0.2) is 0 Å². The highest BCUT2D eigenvalue weighted by Gasteiger charge is 2.33. The maximum absolute atomic E-state index is 12.7. The van der Waals surface area contributed by atoms with E-state index in [0.717, 1.165) is 18.7 Å². The van der Waals surface area contributed by atoms with Gasteiger partial charge in [-0.05, 0) is 31.9 Å². The van der Waals surface area contributed by atoms with E-state index in [0.29, 0.717) is 31.8 Å². The van der Waals surface area contributed by atoms with Crippen molar-refractivity contribution < 1.29 is 22.7 Å². The summed E-state index contributed by atoms with van der Waals surface area (Å²) in [5.74, 6) is -0.575. The van der Waals surface area contributed by atoms with E-state index in [1.807, 2.05) is 0 Å². The number of hydrogen-bond donors (Lipinski definition) is 0. The fourth-order valence-electron chi connectivity index (χ4n) is 2.44. The number of carbonyl (C=O) groups is 1. The molecule has 4 nitrogen and oxygen atoms in total. The van der Waals surface area contributed by atoms with Gasteiger partial charge in [0, 0.05) is 25.0 Å². The number of aromatic nitrogens is 1. The number of halogens is 3. The topological polar surface area (TPSA) is 42.4 Å². The molecule has 116 valence electrons. The molecule has 1 saturated heterocycles. The minimum absolute atomic E-state index is 0.285. The van der Waals surface area contributed by atoms with Gasteiger partial charge in [-0.15, -0.1) is 0 Å². The molecule has 21 heavy (non-hydrogen) atoms. The second-order valence-corrected chi connectivity index (χ2v) is 4.93. The SMILES string of the molecule is CCOC(=O)C1CCCN(c2ccnc(C(F)(F)F)c2)C1. The Bertz CT molecular complexity index is 505. The summed E-state index contributed by atoms with van der Waals surface area (Å²) in [7, 11) is 0. The van der Waals surface area contributed by atoms with Crippen LogP contribution >= 0.6 is 0 Å². The van der Waals surface area contributed by atoms with Crippen LogP contribution in [0.1, 0.15) is 25.5 Å². The molecule has 7 heteroatoms. The standard InChI is InChI=1S/C14H17F3N2O2/c1-2-21-13(20)10-4-3-7-19(9-10)11-5-6-18-12(8-11)14(15,16)17/h5-6,8,10H,2-4,7,9H2,1H3. The molecule has 1 atom stereocenters. The predicted molar refractivity (Wildman–Crippen MR) is 70.8 cm³/mol. The van der Waals surface area contributed by atoms with Gasteiger partial charge in [-0.3, -0.25) is 9.78 Å². The second kappa shape index (κ2) is 6.32. The van der Waals surface area contributed by atoms with Crippen LogP contribution in [0.4, 0.5) is 18.9 Å². The Labute approximate surface area is 120 Å². The van der Waals surface area contributed by atoms with Crippen molar-refractivity contribution in [1.29, 1.82) is 0 Å². The van der Waals surface area contributed by atoms with Gasteiger partial charge in [-0.2, -0.15) is 13.2 Å². The summed E-state index contributed by atoms with van der Waals surface area (Å²) >= 11 is 0. The number of carbonyl (C=O) groups excluding carboxylic acids is 1. The molecular weight excluding hydrogens is 285 g/mol. The predicted octanol–water partition coefficient (Wildman–Crippen LogP) is 2.88. The van der Waals surface area contributed by atoms with Gasteiger partial charge in [0.1, 0.15) is 5.69 Å². The van der Waals surface area contributed by atoms with Crippen LogP contribution in [0.2, 0.25) is 0 Å². The number of pyridine rings is 1. The van der Waals surface area contributed by atoms with Gasteiger partial charge in [-0.1, -0.05) is 0 Å². The van der Waals surface area contributed by atoms with Crippen molar-refractivity contribution in [3.63, 3.8) is 0 Å². The number of rotatable bonds is 3. The van der Waals surface area contributed by atoms with E-state index in [1.165, 1.54) is 6.07 Å². The van der Waals surface area contributed by atoms with Gasteiger partial charge < -0.3 is 9.64 Å². The maximum atomic E-state index is 12.7. The number of alkyl halides is 3. The Balaban J connectivity index is 2.13.